The molecule has 154 valence electrons. The predicted molar refractivity (Wildman–Crippen MR) is 119 cm³/mol. The molecule has 3 N–H and O–H groups in total. The van der Waals surface area contributed by atoms with Crippen LogP contribution in [0.5, 0.6) is 0 Å². The number of thiocarbonyl (C=S) groups is 1. The Hall–Kier alpha value is -1.95. The highest BCUT2D eigenvalue weighted by Crippen LogP contribution is 2.25. The minimum Gasteiger partial charge on any atom is -0.332 e. The molecular formula is C22H33N3O2S. The lowest BCUT2D eigenvalue weighted by Gasteiger charge is -2.21. The monoisotopic (exact) mass is 403 g/mol. The molecule has 0 atom stereocenters. The summed E-state index contributed by atoms with van der Waals surface area (Å²) in [6.07, 6.45) is 11.5. The van der Waals surface area contributed by atoms with Crippen molar-refractivity contribution in [3.05, 3.63) is 24.3 Å². The zero-order valence-corrected chi connectivity index (χ0v) is 17.7. The fourth-order valence-electron chi connectivity index (χ4n) is 3.52. The van der Waals surface area contributed by atoms with Crippen molar-refractivity contribution in [2.75, 3.05) is 10.6 Å². The third-order valence-corrected chi connectivity index (χ3v) is 5.33. The van der Waals surface area contributed by atoms with E-state index in [9.17, 15) is 9.59 Å². The van der Waals surface area contributed by atoms with Gasteiger partial charge in [-0.25, -0.2) is 0 Å². The van der Waals surface area contributed by atoms with Crippen molar-refractivity contribution in [2.45, 2.75) is 77.6 Å². The second kappa shape index (κ2) is 12.5. The predicted octanol–water partition coefficient (Wildman–Crippen LogP) is 5.38. The van der Waals surface area contributed by atoms with Crippen LogP contribution in [0.2, 0.25) is 0 Å². The topological polar surface area (TPSA) is 70.2 Å². The van der Waals surface area contributed by atoms with E-state index >= 15 is 0 Å². The first kappa shape index (κ1) is 22.3. The molecule has 2 amide bonds. The fourth-order valence-corrected chi connectivity index (χ4v) is 3.76. The molecule has 6 heteroatoms. The number of unbranched alkanes of at least 4 members (excludes halogenated alkanes) is 4. The smallest absolute Gasteiger partial charge is 0.227 e. The lowest BCUT2D eigenvalue weighted by molar-refractivity contribution is -0.121. The van der Waals surface area contributed by atoms with Crippen LogP contribution < -0.4 is 16.0 Å². The molecule has 1 aliphatic carbocycles. The summed E-state index contributed by atoms with van der Waals surface area (Å²) in [4.78, 5) is 24.4. The average Bonchev–Trinajstić information content (AvgIpc) is 2.68. The largest absolute Gasteiger partial charge is 0.332 e. The number of carbonyl (C=O) groups excluding carboxylic acids is 2. The van der Waals surface area contributed by atoms with Gasteiger partial charge in [0, 0.05) is 23.7 Å². The van der Waals surface area contributed by atoms with Crippen LogP contribution in [-0.4, -0.2) is 16.9 Å². The van der Waals surface area contributed by atoms with E-state index < -0.39 is 0 Å². The van der Waals surface area contributed by atoms with Crippen LogP contribution in [0.15, 0.2) is 24.3 Å². The molecule has 1 aliphatic rings. The van der Waals surface area contributed by atoms with Crippen molar-refractivity contribution in [3.63, 3.8) is 0 Å². The SMILES string of the molecule is CCCCCCCC(=O)NC(=S)Nc1cccc(NC(=O)C2CCCCC2)c1. The van der Waals surface area contributed by atoms with Crippen LogP contribution in [0.25, 0.3) is 0 Å². The maximum atomic E-state index is 12.4. The molecule has 0 saturated heterocycles. The van der Waals surface area contributed by atoms with E-state index in [1.54, 1.807) is 0 Å². The Morgan fingerprint density at radius 2 is 1.68 bits per heavy atom. The molecule has 2 rings (SSSR count). The Bertz CT molecular complexity index is 657. The Balaban J connectivity index is 1.75. The average molecular weight is 404 g/mol. The van der Waals surface area contributed by atoms with Gasteiger partial charge in [0.25, 0.3) is 0 Å². The van der Waals surface area contributed by atoms with Gasteiger partial charge in [-0.3, -0.25) is 9.59 Å². The number of hydrogen-bond acceptors (Lipinski definition) is 3. The van der Waals surface area contributed by atoms with E-state index in [4.69, 9.17) is 12.2 Å². The van der Waals surface area contributed by atoms with Crippen LogP contribution in [0.1, 0.15) is 77.6 Å². The van der Waals surface area contributed by atoms with Gasteiger partial charge in [0.1, 0.15) is 0 Å². The maximum absolute atomic E-state index is 12.4. The molecule has 0 radical (unpaired) electrons. The summed E-state index contributed by atoms with van der Waals surface area (Å²) in [6.45, 7) is 2.17. The van der Waals surface area contributed by atoms with Crippen molar-refractivity contribution in [1.29, 1.82) is 0 Å². The van der Waals surface area contributed by atoms with Gasteiger partial charge in [0.2, 0.25) is 11.8 Å². The molecule has 0 aliphatic heterocycles. The van der Waals surface area contributed by atoms with E-state index in [-0.39, 0.29) is 22.8 Å². The summed E-state index contributed by atoms with van der Waals surface area (Å²) < 4.78 is 0. The van der Waals surface area contributed by atoms with Gasteiger partial charge in [-0.05, 0) is 49.7 Å². The van der Waals surface area contributed by atoms with E-state index in [0.29, 0.717) is 6.42 Å². The summed E-state index contributed by atoms with van der Waals surface area (Å²) >= 11 is 5.24. The zero-order chi connectivity index (χ0) is 20.2. The lowest BCUT2D eigenvalue weighted by atomic mass is 9.88. The fraction of sp³-hybridized carbons (Fsp3) is 0.591. The molecule has 0 aromatic heterocycles. The van der Waals surface area contributed by atoms with Crippen molar-refractivity contribution in [3.8, 4) is 0 Å². The molecule has 1 aromatic rings. The summed E-state index contributed by atoms with van der Waals surface area (Å²) in [5.74, 6) is 0.148. The van der Waals surface area contributed by atoms with Gasteiger partial charge in [0.05, 0.1) is 0 Å². The van der Waals surface area contributed by atoms with E-state index in [0.717, 1.165) is 49.9 Å². The number of amides is 2. The first-order valence-electron chi connectivity index (χ1n) is 10.6. The number of rotatable bonds is 9. The van der Waals surface area contributed by atoms with E-state index in [2.05, 4.69) is 22.9 Å². The highest BCUT2D eigenvalue weighted by Gasteiger charge is 2.21. The molecule has 1 fully saturated rings. The second-order valence-corrected chi connectivity index (χ2v) is 7.98. The van der Waals surface area contributed by atoms with Crippen LogP contribution in [0, 0.1) is 5.92 Å². The van der Waals surface area contributed by atoms with Crippen molar-refractivity contribution in [1.82, 2.24) is 5.32 Å². The molecule has 0 spiro atoms. The standard InChI is InChI=1S/C22H33N3O2S/c1-2-3-4-5-9-15-20(26)25-22(28)24-19-14-10-13-18(16-19)23-21(27)17-11-7-6-8-12-17/h10,13-14,16-17H,2-9,11-12,15H2,1H3,(H,23,27)(H2,24,25,26,28). The summed E-state index contributed by atoms with van der Waals surface area (Å²) in [7, 11) is 0. The van der Waals surface area contributed by atoms with Crippen LogP contribution >= 0.6 is 12.2 Å². The first-order valence-corrected chi connectivity index (χ1v) is 11.0. The number of carbonyl (C=O) groups is 2. The summed E-state index contributed by atoms with van der Waals surface area (Å²) in [5.41, 5.74) is 1.49. The van der Waals surface area contributed by atoms with E-state index in [1.807, 2.05) is 24.3 Å². The highest BCUT2D eigenvalue weighted by molar-refractivity contribution is 7.80. The van der Waals surface area contributed by atoms with Gasteiger partial charge in [-0.15, -0.1) is 0 Å². The van der Waals surface area contributed by atoms with Crippen molar-refractivity contribution in [2.24, 2.45) is 5.92 Å². The lowest BCUT2D eigenvalue weighted by Crippen LogP contribution is -2.33. The summed E-state index contributed by atoms with van der Waals surface area (Å²) in [5, 5.41) is 9.04. The highest BCUT2D eigenvalue weighted by atomic mass is 32.1. The van der Waals surface area contributed by atoms with Gasteiger partial charge in [-0.1, -0.05) is 57.9 Å². The minimum atomic E-state index is -0.0595. The number of hydrogen-bond donors (Lipinski definition) is 3. The zero-order valence-electron chi connectivity index (χ0n) is 16.9. The molecule has 1 aromatic carbocycles. The third kappa shape index (κ3) is 8.38. The Morgan fingerprint density at radius 3 is 2.39 bits per heavy atom. The van der Waals surface area contributed by atoms with Gasteiger partial charge >= 0.3 is 0 Å². The third-order valence-electron chi connectivity index (χ3n) is 5.12. The number of anilines is 2. The Kier molecular flexibility index (Phi) is 9.97. The molecule has 0 bridgehead atoms. The molecule has 1 saturated carbocycles. The molecule has 28 heavy (non-hydrogen) atoms. The van der Waals surface area contributed by atoms with Gasteiger partial charge < -0.3 is 16.0 Å². The first-order chi connectivity index (χ1) is 13.6. The number of benzene rings is 1. The van der Waals surface area contributed by atoms with Crippen molar-refractivity contribution >= 4 is 40.5 Å². The van der Waals surface area contributed by atoms with Crippen molar-refractivity contribution < 1.29 is 9.59 Å². The molecule has 5 nitrogen and oxygen atoms in total. The van der Waals surface area contributed by atoms with Crippen LogP contribution in [0.3, 0.4) is 0 Å². The Morgan fingerprint density at radius 1 is 1.00 bits per heavy atom. The second-order valence-electron chi connectivity index (χ2n) is 7.57. The number of nitrogens with one attached hydrogen (secondary N) is 3. The van der Waals surface area contributed by atoms with Crippen LogP contribution in [-0.2, 0) is 9.59 Å². The molecule has 0 heterocycles. The quantitative estimate of drug-likeness (QED) is 0.382. The molecular weight excluding hydrogens is 370 g/mol. The van der Waals surface area contributed by atoms with Gasteiger partial charge in [-0.2, -0.15) is 0 Å². The minimum absolute atomic E-state index is 0.0595. The molecule has 0 unspecified atom stereocenters. The summed E-state index contributed by atoms with van der Waals surface area (Å²) in [6, 6.07) is 7.42. The normalized spacial score (nSPS) is 14.3. The Labute approximate surface area is 174 Å². The maximum Gasteiger partial charge on any atom is 0.227 e. The van der Waals surface area contributed by atoms with Gasteiger partial charge in [0.15, 0.2) is 5.11 Å². The van der Waals surface area contributed by atoms with E-state index in [1.165, 1.54) is 25.7 Å². The van der Waals surface area contributed by atoms with Crippen LogP contribution in [0.4, 0.5) is 11.4 Å².